The summed E-state index contributed by atoms with van der Waals surface area (Å²) in [4.78, 5) is 0. The zero-order valence-electron chi connectivity index (χ0n) is 12.5. The van der Waals surface area contributed by atoms with Gasteiger partial charge in [0.1, 0.15) is 11.9 Å². The zero-order chi connectivity index (χ0) is 14.6. The molecule has 1 atom stereocenters. The van der Waals surface area contributed by atoms with E-state index in [1.807, 2.05) is 36.4 Å². The maximum absolute atomic E-state index is 6.00. The van der Waals surface area contributed by atoms with Gasteiger partial charge < -0.3 is 4.74 Å². The normalized spacial score (nSPS) is 12.8. The number of hydrogen-bond donors (Lipinski definition) is 0. The van der Waals surface area contributed by atoms with Crippen LogP contribution >= 0.6 is 0 Å². The first kappa shape index (κ1) is 14.4. The van der Waals surface area contributed by atoms with Gasteiger partial charge in [-0.25, -0.2) is 0 Å². The Morgan fingerprint density at radius 3 is 2.05 bits per heavy atom. The second kappa shape index (κ2) is 5.96. The molecule has 0 aliphatic heterocycles. The van der Waals surface area contributed by atoms with Crippen molar-refractivity contribution in [3.05, 3.63) is 78.4 Å². The molecule has 20 heavy (non-hydrogen) atoms. The van der Waals surface area contributed by atoms with Crippen LogP contribution in [-0.2, 0) is 5.41 Å². The molecule has 0 amide bonds. The highest BCUT2D eigenvalue weighted by atomic mass is 16.5. The molecule has 0 heterocycles. The Bertz CT molecular complexity index is 547. The van der Waals surface area contributed by atoms with Crippen molar-refractivity contribution in [1.29, 1.82) is 0 Å². The summed E-state index contributed by atoms with van der Waals surface area (Å²) in [7, 11) is 0. The lowest BCUT2D eigenvalue weighted by Gasteiger charge is -2.20. The standard InChI is InChI=1S/C19H22O/c1-5-18(15-9-7-6-8-10-15)20-17-13-11-16(12-14-17)19(2,3)4/h5-14,18H,1H2,2-4H3. The highest BCUT2D eigenvalue weighted by Crippen LogP contribution is 2.27. The van der Waals surface area contributed by atoms with E-state index in [1.54, 1.807) is 0 Å². The fraction of sp³-hybridized carbons (Fsp3) is 0.263. The van der Waals surface area contributed by atoms with E-state index >= 15 is 0 Å². The Morgan fingerprint density at radius 1 is 0.950 bits per heavy atom. The Kier molecular flexibility index (Phi) is 4.29. The van der Waals surface area contributed by atoms with Crippen molar-refractivity contribution in [2.24, 2.45) is 0 Å². The molecule has 0 aliphatic rings. The summed E-state index contributed by atoms with van der Waals surface area (Å²) in [5, 5.41) is 0. The molecule has 0 N–H and O–H groups in total. The van der Waals surface area contributed by atoms with Gasteiger partial charge in [-0.2, -0.15) is 0 Å². The molecule has 104 valence electrons. The minimum absolute atomic E-state index is 0.114. The second-order valence-electron chi connectivity index (χ2n) is 5.96. The number of rotatable bonds is 4. The first-order valence-corrected chi connectivity index (χ1v) is 6.95. The topological polar surface area (TPSA) is 9.23 Å². The maximum atomic E-state index is 6.00. The van der Waals surface area contributed by atoms with E-state index in [0.29, 0.717) is 0 Å². The quantitative estimate of drug-likeness (QED) is 0.683. The van der Waals surface area contributed by atoms with Gasteiger partial charge in [0, 0.05) is 0 Å². The molecule has 0 aliphatic carbocycles. The number of ether oxygens (including phenoxy) is 1. The van der Waals surface area contributed by atoms with Crippen LogP contribution in [0, 0.1) is 0 Å². The van der Waals surface area contributed by atoms with Crippen LogP contribution < -0.4 is 4.74 Å². The smallest absolute Gasteiger partial charge is 0.142 e. The first-order chi connectivity index (χ1) is 9.50. The van der Waals surface area contributed by atoms with E-state index in [2.05, 4.69) is 51.6 Å². The number of hydrogen-bond acceptors (Lipinski definition) is 1. The molecule has 0 aromatic heterocycles. The average Bonchev–Trinajstić information content (AvgIpc) is 2.45. The first-order valence-electron chi connectivity index (χ1n) is 6.95. The molecule has 0 radical (unpaired) electrons. The molecule has 0 saturated carbocycles. The Morgan fingerprint density at radius 2 is 1.55 bits per heavy atom. The largest absolute Gasteiger partial charge is 0.482 e. The third kappa shape index (κ3) is 3.51. The Balaban J connectivity index is 2.15. The minimum Gasteiger partial charge on any atom is -0.482 e. The molecule has 2 aromatic carbocycles. The third-order valence-corrected chi connectivity index (χ3v) is 3.33. The van der Waals surface area contributed by atoms with Gasteiger partial charge in [-0.3, -0.25) is 0 Å². The molecule has 2 aromatic rings. The van der Waals surface area contributed by atoms with Crippen LogP contribution in [0.4, 0.5) is 0 Å². The fourth-order valence-corrected chi connectivity index (χ4v) is 2.08. The van der Waals surface area contributed by atoms with Crippen LogP contribution in [0.1, 0.15) is 38.0 Å². The van der Waals surface area contributed by atoms with Crippen LogP contribution in [0.5, 0.6) is 5.75 Å². The van der Waals surface area contributed by atoms with E-state index in [0.717, 1.165) is 11.3 Å². The van der Waals surface area contributed by atoms with Gasteiger partial charge >= 0.3 is 0 Å². The van der Waals surface area contributed by atoms with Gasteiger partial charge in [-0.15, -0.1) is 0 Å². The lowest BCUT2D eigenvalue weighted by molar-refractivity contribution is 0.256. The molecule has 0 bridgehead atoms. The maximum Gasteiger partial charge on any atom is 0.142 e. The summed E-state index contributed by atoms with van der Waals surface area (Å²) in [5.74, 6) is 0.867. The predicted molar refractivity (Wildman–Crippen MR) is 85.2 cm³/mol. The van der Waals surface area contributed by atoms with Crippen molar-refractivity contribution in [1.82, 2.24) is 0 Å². The average molecular weight is 266 g/mol. The molecular formula is C19H22O. The van der Waals surface area contributed by atoms with Crippen molar-refractivity contribution >= 4 is 0 Å². The molecule has 1 heteroatoms. The fourth-order valence-electron chi connectivity index (χ4n) is 2.08. The van der Waals surface area contributed by atoms with E-state index in [9.17, 15) is 0 Å². The van der Waals surface area contributed by atoms with Crippen molar-refractivity contribution in [2.45, 2.75) is 32.3 Å². The Hall–Kier alpha value is -2.02. The van der Waals surface area contributed by atoms with E-state index in [-0.39, 0.29) is 11.5 Å². The molecular weight excluding hydrogens is 244 g/mol. The van der Waals surface area contributed by atoms with Crippen LogP contribution in [0.2, 0.25) is 0 Å². The van der Waals surface area contributed by atoms with Crippen LogP contribution in [0.15, 0.2) is 67.3 Å². The summed E-state index contributed by atoms with van der Waals surface area (Å²) in [6.45, 7) is 10.5. The van der Waals surface area contributed by atoms with Crippen LogP contribution in [-0.4, -0.2) is 0 Å². The van der Waals surface area contributed by atoms with Crippen molar-refractivity contribution in [2.75, 3.05) is 0 Å². The Labute approximate surface area is 121 Å². The van der Waals surface area contributed by atoms with Gasteiger partial charge in [-0.1, -0.05) is 69.8 Å². The predicted octanol–water partition coefficient (Wildman–Crippen LogP) is 5.29. The van der Waals surface area contributed by atoms with Gasteiger partial charge in [-0.05, 0) is 34.8 Å². The minimum atomic E-state index is -0.114. The van der Waals surface area contributed by atoms with Gasteiger partial charge in [0.15, 0.2) is 0 Å². The summed E-state index contributed by atoms with van der Waals surface area (Å²) in [6.07, 6.45) is 1.71. The van der Waals surface area contributed by atoms with E-state index in [4.69, 9.17) is 4.74 Å². The van der Waals surface area contributed by atoms with E-state index in [1.165, 1.54) is 5.56 Å². The highest BCUT2D eigenvalue weighted by Gasteiger charge is 2.14. The molecule has 1 nitrogen and oxygen atoms in total. The van der Waals surface area contributed by atoms with Gasteiger partial charge in [0.05, 0.1) is 0 Å². The third-order valence-electron chi connectivity index (χ3n) is 3.33. The number of benzene rings is 2. The van der Waals surface area contributed by atoms with Crippen LogP contribution in [0.3, 0.4) is 0 Å². The monoisotopic (exact) mass is 266 g/mol. The van der Waals surface area contributed by atoms with Crippen molar-refractivity contribution in [3.8, 4) is 5.75 Å². The molecule has 0 spiro atoms. The second-order valence-corrected chi connectivity index (χ2v) is 5.96. The SMILES string of the molecule is C=CC(Oc1ccc(C(C)(C)C)cc1)c1ccccc1. The van der Waals surface area contributed by atoms with Crippen molar-refractivity contribution in [3.63, 3.8) is 0 Å². The molecule has 1 unspecified atom stereocenters. The van der Waals surface area contributed by atoms with E-state index < -0.39 is 0 Å². The summed E-state index contributed by atoms with van der Waals surface area (Å²) in [5.41, 5.74) is 2.58. The zero-order valence-corrected chi connectivity index (χ0v) is 12.5. The highest BCUT2D eigenvalue weighted by molar-refractivity contribution is 5.32. The van der Waals surface area contributed by atoms with Gasteiger partial charge in [0.2, 0.25) is 0 Å². The summed E-state index contributed by atoms with van der Waals surface area (Å²) >= 11 is 0. The molecule has 0 saturated heterocycles. The lowest BCUT2D eigenvalue weighted by atomic mass is 9.87. The molecule has 2 rings (SSSR count). The lowest BCUT2D eigenvalue weighted by Crippen LogP contribution is -2.11. The molecule has 0 fully saturated rings. The van der Waals surface area contributed by atoms with Gasteiger partial charge in [0.25, 0.3) is 0 Å². The summed E-state index contributed by atoms with van der Waals surface area (Å²) in [6, 6.07) is 18.4. The van der Waals surface area contributed by atoms with Crippen LogP contribution in [0.25, 0.3) is 0 Å². The van der Waals surface area contributed by atoms with Crippen molar-refractivity contribution < 1.29 is 4.74 Å². The summed E-state index contributed by atoms with van der Waals surface area (Å²) < 4.78 is 6.00.